The van der Waals surface area contributed by atoms with Gasteiger partial charge in [0.05, 0.1) is 6.61 Å². The predicted octanol–water partition coefficient (Wildman–Crippen LogP) is 0.767. The van der Waals surface area contributed by atoms with Gasteiger partial charge in [0, 0.05) is 32.4 Å². The third-order valence-electron chi connectivity index (χ3n) is 2.59. The minimum absolute atomic E-state index is 0.569. The molecule has 1 aliphatic heterocycles. The van der Waals surface area contributed by atoms with Crippen LogP contribution in [0.4, 0.5) is 5.82 Å². The van der Waals surface area contributed by atoms with Crippen LogP contribution in [0.3, 0.4) is 0 Å². The summed E-state index contributed by atoms with van der Waals surface area (Å²) in [4.78, 5) is 6.62. The normalized spacial score (nSPS) is 17.5. The Morgan fingerprint density at radius 2 is 2.33 bits per heavy atom. The molecule has 0 saturated carbocycles. The van der Waals surface area contributed by atoms with Gasteiger partial charge in [-0.2, -0.15) is 0 Å². The fourth-order valence-corrected chi connectivity index (χ4v) is 1.74. The molecule has 2 heterocycles. The Labute approximate surface area is 90.0 Å². The van der Waals surface area contributed by atoms with Gasteiger partial charge in [0.2, 0.25) is 0 Å². The van der Waals surface area contributed by atoms with E-state index >= 15 is 0 Å². The van der Waals surface area contributed by atoms with E-state index in [0.29, 0.717) is 6.54 Å². The monoisotopic (exact) mass is 207 g/mol. The van der Waals surface area contributed by atoms with Crippen LogP contribution in [0, 0.1) is 0 Å². The Hall–Kier alpha value is -1.13. The Morgan fingerprint density at radius 1 is 1.40 bits per heavy atom. The first-order chi connectivity index (χ1) is 7.40. The van der Waals surface area contributed by atoms with Crippen molar-refractivity contribution in [2.75, 3.05) is 31.2 Å². The van der Waals surface area contributed by atoms with E-state index in [0.717, 1.165) is 44.1 Å². The van der Waals surface area contributed by atoms with Crippen LogP contribution in [0.25, 0.3) is 0 Å². The van der Waals surface area contributed by atoms with E-state index in [1.807, 2.05) is 12.3 Å². The van der Waals surface area contributed by atoms with Gasteiger partial charge in [0.15, 0.2) is 0 Å². The fourth-order valence-electron chi connectivity index (χ4n) is 1.74. The van der Waals surface area contributed by atoms with Crippen molar-refractivity contribution in [1.82, 2.24) is 4.98 Å². The maximum atomic E-state index is 5.61. The zero-order chi connectivity index (χ0) is 10.5. The van der Waals surface area contributed by atoms with Gasteiger partial charge in [0.25, 0.3) is 0 Å². The van der Waals surface area contributed by atoms with Crippen LogP contribution in [0.2, 0.25) is 0 Å². The minimum Gasteiger partial charge on any atom is -0.380 e. The molecule has 1 aromatic rings. The van der Waals surface area contributed by atoms with Crippen molar-refractivity contribution in [2.24, 2.45) is 5.73 Å². The molecule has 4 heteroatoms. The molecule has 0 aromatic carbocycles. The van der Waals surface area contributed by atoms with Crippen LogP contribution in [0.15, 0.2) is 18.3 Å². The van der Waals surface area contributed by atoms with Gasteiger partial charge in [-0.1, -0.05) is 0 Å². The number of nitrogens with two attached hydrogens (primary N) is 1. The second-order valence-corrected chi connectivity index (χ2v) is 3.68. The van der Waals surface area contributed by atoms with E-state index in [1.165, 1.54) is 0 Å². The molecule has 4 nitrogen and oxygen atoms in total. The first-order valence-electron chi connectivity index (χ1n) is 5.38. The van der Waals surface area contributed by atoms with Gasteiger partial charge in [-0.25, -0.2) is 4.98 Å². The van der Waals surface area contributed by atoms with Crippen molar-refractivity contribution in [2.45, 2.75) is 13.0 Å². The SMILES string of the molecule is NCc1ccnc(N2CCCOCC2)c1. The molecule has 1 aliphatic rings. The summed E-state index contributed by atoms with van der Waals surface area (Å²) in [6.45, 7) is 4.14. The van der Waals surface area contributed by atoms with Crippen LogP contribution in [-0.2, 0) is 11.3 Å². The predicted molar refractivity (Wildman–Crippen MR) is 59.8 cm³/mol. The standard InChI is InChI=1S/C11H17N3O/c12-9-10-2-3-13-11(8-10)14-4-1-6-15-7-5-14/h2-3,8H,1,4-7,9,12H2. The molecule has 0 unspecified atom stereocenters. The molecule has 0 aliphatic carbocycles. The van der Waals surface area contributed by atoms with Crippen LogP contribution in [-0.4, -0.2) is 31.3 Å². The quantitative estimate of drug-likeness (QED) is 0.778. The lowest BCUT2D eigenvalue weighted by molar-refractivity contribution is 0.152. The van der Waals surface area contributed by atoms with E-state index < -0.39 is 0 Å². The summed E-state index contributed by atoms with van der Waals surface area (Å²) < 4.78 is 5.41. The Kier molecular flexibility index (Phi) is 3.53. The summed E-state index contributed by atoms with van der Waals surface area (Å²) in [6, 6.07) is 4.02. The highest BCUT2D eigenvalue weighted by Gasteiger charge is 2.10. The van der Waals surface area contributed by atoms with Crippen molar-refractivity contribution >= 4 is 5.82 Å². The highest BCUT2D eigenvalue weighted by Crippen LogP contribution is 2.14. The van der Waals surface area contributed by atoms with Crippen LogP contribution >= 0.6 is 0 Å². The maximum absolute atomic E-state index is 5.61. The largest absolute Gasteiger partial charge is 0.380 e. The van der Waals surface area contributed by atoms with Crippen molar-refractivity contribution in [3.63, 3.8) is 0 Å². The van der Waals surface area contributed by atoms with Gasteiger partial charge < -0.3 is 15.4 Å². The minimum atomic E-state index is 0.569. The van der Waals surface area contributed by atoms with Gasteiger partial charge in [0.1, 0.15) is 5.82 Å². The molecule has 0 bridgehead atoms. The zero-order valence-electron chi connectivity index (χ0n) is 8.85. The van der Waals surface area contributed by atoms with Crippen LogP contribution < -0.4 is 10.6 Å². The number of nitrogens with zero attached hydrogens (tertiary/aromatic N) is 2. The third kappa shape index (κ3) is 2.67. The number of hydrogen-bond acceptors (Lipinski definition) is 4. The summed E-state index contributed by atoms with van der Waals surface area (Å²) in [5.41, 5.74) is 6.74. The molecular formula is C11H17N3O. The molecule has 15 heavy (non-hydrogen) atoms. The second kappa shape index (κ2) is 5.09. The molecule has 1 aromatic heterocycles. The lowest BCUT2D eigenvalue weighted by Gasteiger charge is -2.20. The van der Waals surface area contributed by atoms with E-state index in [9.17, 15) is 0 Å². The van der Waals surface area contributed by atoms with Crippen LogP contribution in [0.1, 0.15) is 12.0 Å². The van der Waals surface area contributed by atoms with Crippen molar-refractivity contribution in [3.8, 4) is 0 Å². The average molecular weight is 207 g/mol. The Balaban J connectivity index is 2.12. The highest BCUT2D eigenvalue weighted by atomic mass is 16.5. The van der Waals surface area contributed by atoms with Crippen LogP contribution in [0.5, 0.6) is 0 Å². The molecule has 2 rings (SSSR count). The number of hydrogen-bond donors (Lipinski definition) is 1. The average Bonchev–Trinajstić information content (AvgIpc) is 2.58. The lowest BCUT2D eigenvalue weighted by atomic mass is 10.2. The Morgan fingerprint density at radius 3 is 3.20 bits per heavy atom. The summed E-state index contributed by atoms with van der Waals surface area (Å²) in [5.74, 6) is 1.02. The van der Waals surface area contributed by atoms with E-state index in [2.05, 4.69) is 16.0 Å². The molecule has 0 radical (unpaired) electrons. The zero-order valence-corrected chi connectivity index (χ0v) is 8.85. The van der Waals surface area contributed by atoms with Crippen molar-refractivity contribution in [3.05, 3.63) is 23.9 Å². The second-order valence-electron chi connectivity index (χ2n) is 3.68. The number of aromatic nitrogens is 1. The van der Waals surface area contributed by atoms with Crippen molar-refractivity contribution in [1.29, 1.82) is 0 Å². The molecular weight excluding hydrogens is 190 g/mol. The molecule has 0 amide bonds. The van der Waals surface area contributed by atoms with Gasteiger partial charge in [-0.05, 0) is 24.1 Å². The van der Waals surface area contributed by atoms with Crippen molar-refractivity contribution < 1.29 is 4.74 Å². The highest BCUT2D eigenvalue weighted by molar-refractivity contribution is 5.41. The molecule has 0 spiro atoms. The number of pyridine rings is 1. The number of rotatable bonds is 2. The summed E-state index contributed by atoms with van der Waals surface area (Å²) in [7, 11) is 0. The summed E-state index contributed by atoms with van der Waals surface area (Å²) >= 11 is 0. The molecule has 2 N–H and O–H groups in total. The lowest BCUT2D eigenvalue weighted by Crippen LogP contribution is -2.26. The molecule has 1 fully saturated rings. The van der Waals surface area contributed by atoms with E-state index in [-0.39, 0.29) is 0 Å². The summed E-state index contributed by atoms with van der Waals surface area (Å²) in [5, 5.41) is 0. The van der Waals surface area contributed by atoms with E-state index in [4.69, 9.17) is 10.5 Å². The Bertz CT molecular complexity index is 308. The molecule has 82 valence electrons. The molecule has 0 atom stereocenters. The smallest absolute Gasteiger partial charge is 0.128 e. The van der Waals surface area contributed by atoms with Gasteiger partial charge in [-0.3, -0.25) is 0 Å². The third-order valence-corrected chi connectivity index (χ3v) is 2.59. The first-order valence-corrected chi connectivity index (χ1v) is 5.38. The first kappa shape index (κ1) is 10.4. The summed E-state index contributed by atoms with van der Waals surface area (Å²) in [6.07, 6.45) is 2.89. The number of anilines is 1. The number of ether oxygens (including phenoxy) is 1. The topological polar surface area (TPSA) is 51.4 Å². The maximum Gasteiger partial charge on any atom is 0.128 e. The van der Waals surface area contributed by atoms with Gasteiger partial charge >= 0.3 is 0 Å². The fraction of sp³-hybridized carbons (Fsp3) is 0.545. The van der Waals surface area contributed by atoms with E-state index in [1.54, 1.807) is 0 Å². The van der Waals surface area contributed by atoms with Gasteiger partial charge in [-0.15, -0.1) is 0 Å². The molecule has 1 saturated heterocycles.